The molecule has 1 N–H and O–H groups in total. The molecule has 5 heteroatoms. The zero-order valence-corrected chi connectivity index (χ0v) is 16.3. The van der Waals surface area contributed by atoms with Crippen molar-refractivity contribution in [3.05, 3.63) is 83.2 Å². The van der Waals surface area contributed by atoms with Gasteiger partial charge in [0.2, 0.25) is 0 Å². The van der Waals surface area contributed by atoms with Crippen molar-refractivity contribution in [3.63, 3.8) is 0 Å². The van der Waals surface area contributed by atoms with Gasteiger partial charge in [0.15, 0.2) is 0 Å². The van der Waals surface area contributed by atoms with Crippen molar-refractivity contribution in [2.45, 2.75) is 26.8 Å². The summed E-state index contributed by atoms with van der Waals surface area (Å²) in [6.45, 7) is 6.06. The number of anilines is 1. The molecule has 0 saturated heterocycles. The molecule has 0 fully saturated rings. The van der Waals surface area contributed by atoms with Crippen LogP contribution in [0, 0.1) is 6.92 Å². The number of nitrogens with zero attached hydrogens (tertiary/aromatic N) is 2. The van der Waals surface area contributed by atoms with Crippen LogP contribution in [0.2, 0.25) is 0 Å². The first-order chi connectivity index (χ1) is 13.6. The standard InChI is InChI=1S/C23H23N3O2/c1-4-28-23(27)20-15(2)24-22-19(17-11-7-5-8-12-17)16(3)25-26(22)21(20)18-13-9-6-10-14-18/h5-14,21,24H,4H2,1-3H3. The zero-order valence-electron chi connectivity index (χ0n) is 16.3. The summed E-state index contributed by atoms with van der Waals surface area (Å²) in [5.74, 6) is 0.574. The van der Waals surface area contributed by atoms with Gasteiger partial charge < -0.3 is 10.1 Å². The van der Waals surface area contributed by atoms with E-state index in [1.807, 2.05) is 74.0 Å². The van der Waals surface area contributed by atoms with E-state index < -0.39 is 0 Å². The number of carbonyl (C=O) groups is 1. The summed E-state index contributed by atoms with van der Waals surface area (Å²) in [5, 5.41) is 8.24. The smallest absolute Gasteiger partial charge is 0.338 e. The molecule has 142 valence electrons. The van der Waals surface area contributed by atoms with Gasteiger partial charge >= 0.3 is 5.97 Å². The van der Waals surface area contributed by atoms with E-state index >= 15 is 0 Å². The first-order valence-corrected chi connectivity index (χ1v) is 9.46. The molecule has 1 aromatic heterocycles. The molecule has 1 aliphatic rings. The lowest BCUT2D eigenvalue weighted by molar-refractivity contribution is -0.139. The normalized spacial score (nSPS) is 15.8. The molecule has 2 aromatic carbocycles. The first kappa shape index (κ1) is 18.0. The Balaban J connectivity index is 1.93. The van der Waals surface area contributed by atoms with Crippen molar-refractivity contribution in [3.8, 4) is 11.1 Å². The maximum atomic E-state index is 12.8. The summed E-state index contributed by atoms with van der Waals surface area (Å²) in [7, 11) is 0. The minimum Gasteiger partial charge on any atom is -0.463 e. The second kappa shape index (κ2) is 7.35. The summed E-state index contributed by atoms with van der Waals surface area (Å²) in [5.41, 5.74) is 5.42. The van der Waals surface area contributed by atoms with Crippen molar-refractivity contribution in [2.75, 3.05) is 11.9 Å². The first-order valence-electron chi connectivity index (χ1n) is 9.46. The van der Waals surface area contributed by atoms with Crippen LogP contribution in [-0.4, -0.2) is 22.4 Å². The number of allylic oxidation sites excluding steroid dienone is 1. The zero-order chi connectivity index (χ0) is 19.7. The summed E-state index contributed by atoms with van der Waals surface area (Å²) < 4.78 is 7.27. The third kappa shape index (κ3) is 2.99. The number of hydrogen-bond acceptors (Lipinski definition) is 4. The van der Waals surface area contributed by atoms with Gasteiger partial charge in [0.25, 0.3) is 0 Å². The third-order valence-corrected chi connectivity index (χ3v) is 4.99. The van der Waals surface area contributed by atoms with Crippen LogP contribution < -0.4 is 5.32 Å². The monoisotopic (exact) mass is 373 g/mol. The molecule has 1 aliphatic heterocycles. The van der Waals surface area contributed by atoms with E-state index in [-0.39, 0.29) is 12.0 Å². The molecular formula is C23H23N3O2. The number of esters is 1. The number of nitrogens with one attached hydrogen (secondary N) is 1. The maximum Gasteiger partial charge on any atom is 0.338 e. The Morgan fingerprint density at radius 3 is 2.36 bits per heavy atom. The van der Waals surface area contributed by atoms with Gasteiger partial charge in [-0.05, 0) is 31.9 Å². The number of fused-ring (bicyclic) bond motifs is 1. The highest BCUT2D eigenvalue weighted by atomic mass is 16.5. The van der Waals surface area contributed by atoms with E-state index in [9.17, 15) is 4.79 Å². The lowest BCUT2D eigenvalue weighted by Gasteiger charge is -2.29. The van der Waals surface area contributed by atoms with E-state index in [0.717, 1.165) is 33.9 Å². The highest BCUT2D eigenvalue weighted by Crippen LogP contribution is 2.42. The van der Waals surface area contributed by atoms with Crippen molar-refractivity contribution in [1.82, 2.24) is 9.78 Å². The van der Waals surface area contributed by atoms with Crippen LogP contribution in [0.15, 0.2) is 71.9 Å². The number of ether oxygens (including phenoxy) is 1. The van der Waals surface area contributed by atoms with Gasteiger partial charge in [0.1, 0.15) is 11.9 Å². The number of rotatable bonds is 4. The van der Waals surface area contributed by atoms with Crippen LogP contribution in [0.1, 0.15) is 31.1 Å². The van der Waals surface area contributed by atoms with Crippen LogP contribution in [0.5, 0.6) is 0 Å². The third-order valence-electron chi connectivity index (χ3n) is 4.99. The largest absolute Gasteiger partial charge is 0.463 e. The molecule has 0 spiro atoms. The number of aryl methyl sites for hydroxylation is 1. The van der Waals surface area contributed by atoms with Gasteiger partial charge in [-0.2, -0.15) is 5.10 Å². The molecule has 5 nitrogen and oxygen atoms in total. The Kier molecular flexibility index (Phi) is 4.74. The number of carbonyl (C=O) groups excluding carboxylic acids is 1. The van der Waals surface area contributed by atoms with E-state index in [1.165, 1.54) is 0 Å². The van der Waals surface area contributed by atoms with Gasteiger partial charge in [-0.1, -0.05) is 60.7 Å². The summed E-state index contributed by atoms with van der Waals surface area (Å²) >= 11 is 0. The van der Waals surface area contributed by atoms with Crippen molar-refractivity contribution < 1.29 is 9.53 Å². The molecule has 0 radical (unpaired) electrons. The topological polar surface area (TPSA) is 56.1 Å². The maximum absolute atomic E-state index is 12.8. The van der Waals surface area contributed by atoms with Crippen molar-refractivity contribution in [1.29, 1.82) is 0 Å². The molecule has 0 amide bonds. The molecular weight excluding hydrogens is 350 g/mol. The number of hydrogen-bond donors (Lipinski definition) is 1. The molecule has 0 bridgehead atoms. The molecule has 28 heavy (non-hydrogen) atoms. The van der Waals surface area contributed by atoms with Gasteiger partial charge in [-0.15, -0.1) is 0 Å². The highest BCUT2D eigenvalue weighted by molar-refractivity contribution is 5.93. The van der Waals surface area contributed by atoms with Crippen LogP contribution in [0.3, 0.4) is 0 Å². The SMILES string of the molecule is CCOC(=O)C1=C(C)Nc2c(-c3ccccc3)c(C)nn2C1c1ccccc1. The predicted molar refractivity (Wildman–Crippen MR) is 110 cm³/mol. The molecule has 2 heterocycles. The fraction of sp³-hybridized carbons (Fsp3) is 0.217. The lowest BCUT2D eigenvalue weighted by atomic mass is 9.95. The van der Waals surface area contributed by atoms with Gasteiger partial charge in [0.05, 0.1) is 17.9 Å². The van der Waals surface area contributed by atoms with E-state index in [0.29, 0.717) is 12.2 Å². The summed E-state index contributed by atoms with van der Waals surface area (Å²) in [6, 6.07) is 19.8. The second-order valence-corrected chi connectivity index (χ2v) is 6.82. The Morgan fingerprint density at radius 2 is 1.71 bits per heavy atom. The average Bonchev–Trinajstić information content (AvgIpc) is 3.03. The van der Waals surface area contributed by atoms with E-state index in [4.69, 9.17) is 9.84 Å². The predicted octanol–water partition coefficient (Wildman–Crippen LogP) is 4.71. The summed E-state index contributed by atoms with van der Waals surface area (Å²) in [4.78, 5) is 12.8. The van der Waals surface area contributed by atoms with Crippen LogP contribution in [-0.2, 0) is 9.53 Å². The Bertz CT molecular complexity index is 1040. The van der Waals surface area contributed by atoms with Gasteiger partial charge in [-0.25, -0.2) is 9.48 Å². The minimum absolute atomic E-state index is 0.318. The quantitative estimate of drug-likeness (QED) is 0.673. The van der Waals surface area contributed by atoms with Gasteiger partial charge in [0, 0.05) is 11.3 Å². The van der Waals surface area contributed by atoms with Crippen LogP contribution in [0.25, 0.3) is 11.1 Å². The fourth-order valence-corrected chi connectivity index (χ4v) is 3.79. The molecule has 1 unspecified atom stereocenters. The van der Waals surface area contributed by atoms with Crippen molar-refractivity contribution >= 4 is 11.8 Å². The Morgan fingerprint density at radius 1 is 1.07 bits per heavy atom. The van der Waals surface area contributed by atoms with Gasteiger partial charge in [-0.3, -0.25) is 0 Å². The number of benzene rings is 2. The molecule has 0 aliphatic carbocycles. The second-order valence-electron chi connectivity index (χ2n) is 6.82. The molecule has 3 aromatic rings. The fourth-order valence-electron chi connectivity index (χ4n) is 3.79. The van der Waals surface area contributed by atoms with E-state index in [2.05, 4.69) is 17.4 Å². The minimum atomic E-state index is -0.340. The molecule has 1 atom stereocenters. The number of aromatic nitrogens is 2. The van der Waals surface area contributed by atoms with E-state index in [1.54, 1.807) is 0 Å². The summed E-state index contributed by atoms with van der Waals surface area (Å²) in [6.07, 6.45) is 0. The Labute approximate surface area is 164 Å². The van der Waals surface area contributed by atoms with Crippen molar-refractivity contribution in [2.24, 2.45) is 0 Å². The van der Waals surface area contributed by atoms with Crippen LogP contribution in [0.4, 0.5) is 5.82 Å². The Hall–Kier alpha value is -3.34. The van der Waals surface area contributed by atoms with Crippen LogP contribution >= 0.6 is 0 Å². The molecule has 4 rings (SSSR count). The average molecular weight is 373 g/mol. The molecule has 0 saturated carbocycles. The lowest BCUT2D eigenvalue weighted by Crippen LogP contribution is -2.29. The highest BCUT2D eigenvalue weighted by Gasteiger charge is 2.35.